The maximum Gasteiger partial charge on any atom is 0.338 e. The maximum absolute atomic E-state index is 13.1. The van der Waals surface area contributed by atoms with Gasteiger partial charge in [0, 0.05) is 0 Å². The predicted octanol–water partition coefficient (Wildman–Crippen LogP) is 0.808. The van der Waals surface area contributed by atoms with Gasteiger partial charge < -0.3 is 5.11 Å². The van der Waals surface area contributed by atoms with E-state index in [1.165, 1.54) is 16.8 Å². The van der Waals surface area contributed by atoms with Crippen LogP contribution in [-0.2, 0) is 0 Å². The molecule has 0 spiro atoms. The van der Waals surface area contributed by atoms with Gasteiger partial charge in [0.1, 0.15) is 5.82 Å². The van der Waals surface area contributed by atoms with Gasteiger partial charge in [-0.2, -0.15) is 4.68 Å². The summed E-state index contributed by atoms with van der Waals surface area (Å²) in [7, 11) is 0. The summed E-state index contributed by atoms with van der Waals surface area (Å²) in [5, 5.41) is 19.5. The van der Waals surface area contributed by atoms with E-state index in [1.807, 2.05) is 0 Å². The summed E-state index contributed by atoms with van der Waals surface area (Å²) in [6, 6.07) is 3.66. The topological polar surface area (TPSA) is 80.9 Å². The molecule has 82 valence electrons. The molecule has 0 atom stereocenters. The van der Waals surface area contributed by atoms with Gasteiger partial charge in [0.2, 0.25) is 0 Å². The molecule has 0 unspecified atom stereocenters. The van der Waals surface area contributed by atoms with E-state index in [2.05, 4.69) is 15.5 Å². The normalized spacial score (nSPS) is 10.4. The van der Waals surface area contributed by atoms with Gasteiger partial charge in [-0.25, -0.2) is 9.18 Å². The van der Waals surface area contributed by atoms with Crippen molar-refractivity contribution >= 4 is 5.97 Å². The molecule has 0 aliphatic heterocycles. The SMILES string of the molecule is Cc1nnnn1-c1ccc(F)c(C(=O)O)c1. The molecule has 0 saturated heterocycles. The molecule has 0 aliphatic carbocycles. The number of rotatable bonds is 2. The van der Waals surface area contributed by atoms with Crippen LogP contribution >= 0.6 is 0 Å². The van der Waals surface area contributed by atoms with Crippen LogP contribution in [0.5, 0.6) is 0 Å². The first-order chi connectivity index (χ1) is 7.59. The lowest BCUT2D eigenvalue weighted by Gasteiger charge is -2.03. The van der Waals surface area contributed by atoms with Crippen LogP contribution in [0.3, 0.4) is 0 Å². The Morgan fingerprint density at radius 2 is 2.25 bits per heavy atom. The number of aryl methyl sites for hydroxylation is 1. The second kappa shape index (κ2) is 3.69. The molecule has 0 fully saturated rings. The lowest BCUT2D eigenvalue weighted by Crippen LogP contribution is -2.05. The molecular formula is C9H7FN4O2. The average molecular weight is 222 g/mol. The maximum atomic E-state index is 13.1. The van der Waals surface area contributed by atoms with E-state index in [1.54, 1.807) is 6.92 Å². The number of halogens is 1. The van der Waals surface area contributed by atoms with Crippen LogP contribution in [0.2, 0.25) is 0 Å². The zero-order chi connectivity index (χ0) is 11.7. The Bertz CT molecular complexity index is 552. The lowest BCUT2D eigenvalue weighted by atomic mass is 10.2. The second-order valence-electron chi connectivity index (χ2n) is 3.11. The Hall–Kier alpha value is -2.31. The van der Waals surface area contributed by atoms with Crippen LogP contribution in [0.1, 0.15) is 16.2 Å². The van der Waals surface area contributed by atoms with E-state index in [4.69, 9.17) is 5.11 Å². The summed E-state index contributed by atoms with van der Waals surface area (Å²) in [6.07, 6.45) is 0. The van der Waals surface area contributed by atoms with Crippen molar-refractivity contribution in [3.05, 3.63) is 35.4 Å². The van der Waals surface area contributed by atoms with Crippen LogP contribution < -0.4 is 0 Å². The third kappa shape index (κ3) is 1.62. The van der Waals surface area contributed by atoms with Crippen LogP contribution in [0.25, 0.3) is 5.69 Å². The quantitative estimate of drug-likeness (QED) is 0.813. The Morgan fingerprint density at radius 3 is 2.81 bits per heavy atom. The number of hydrogen-bond donors (Lipinski definition) is 1. The fourth-order valence-electron chi connectivity index (χ4n) is 1.28. The molecule has 0 radical (unpaired) electrons. The highest BCUT2D eigenvalue weighted by atomic mass is 19.1. The van der Waals surface area contributed by atoms with E-state index >= 15 is 0 Å². The number of carboxylic acids is 1. The molecule has 1 N–H and O–H groups in total. The minimum Gasteiger partial charge on any atom is -0.478 e. The van der Waals surface area contributed by atoms with Crippen molar-refractivity contribution in [2.45, 2.75) is 6.92 Å². The van der Waals surface area contributed by atoms with Crippen molar-refractivity contribution in [1.29, 1.82) is 0 Å². The average Bonchev–Trinajstić information content (AvgIpc) is 2.65. The summed E-state index contributed by atoms with van der Waals surface area (Å²) in [5.74, 6) is -1.63. The van der Waals surface area contributed by atoms with Crippen molar-refractivity contribution in [1.82, 2.24) is 20.2 Å². The molecule has 1 aromatic heterocycles. The molecule has 1 aromatic carbocycles. The van der Waals surface area contributed by atoms with E-state index in [0.29, 0.717) is 11.5 Å². The van der Waals surface area contributed by atoms with Gasteiger partial charge in [0.25, 0.3) is 0 Å². The summed E-state index contributed by atoms with van der Waals surface area (Å²) in [6.45, 7) is 1.66. The van der Waals surface area contributed by atoms with Crippen molar-refractivity contribution < 1.29 is 14.3 Å². The highest BCUT2D eigenvalue weighted by Gasteiger charge is 2.13. The van der Waals surface area contributed by atoms with Crippen LogP contribution in [0.15, 0.2) is 18.2 Å². The zero-order valence-electron chi connectivity index (χ0n) is 8.25. The third-order valence-corrected chi connectivity index (χ3v) is 2.05. The van der Waals surface area contributed by atoms with Crippen molar-refractivity contribution in [3.8, 4) is 5.69 Å². The van der Waals surface area contributed by atoms with Gasteiger partial charge in [-0.3, -0.25) is 0 Å². The fourth-order valence-corrected chi connectivity index (χ4v) is 1.28. The number of aromatic nitrogens is 4. The Balaban J connectivity index is 2.56. The summed E-state index contributed by atoms with van der Waals surface area (Å²) < 4.78 is 14.4. The van der Waals surface area contributed by atoms with Crippen LogP contribution in [0.4, 0.5) is 4.39 Å². The summed E-state index contributed by atoms with van der Waals surface area (Å²) >= 11 is 0. The van der Waals surface area contributed by atoms with Crippen molar-refractivity contribution in [2.75, 3.05) is 0 Å². The molecule has 0 amide bonds. The van der Waals surface area contributed by atoms with Gasteiger partial charge >= 0.3 is 5.97 Å². The smallest absolute Gasteiger partial charge is 0.338 e. The van der Waals surface area contributed by atoms with Crippen LogP contribution in [-0.4, -0.2) is 31.3 Å². The van der Waals surface area contributed by atoms with E-state index in [0.717, 1.165) is 6.07 Å². The zero-order valence-corrected chi connectivity index (χ0v) is 8.25. The summed E-state index contributed by atoms with van der Waals surface area (Å²) in [4.78, 5) is 10.7. The van der Waals surface area contributed by atoms with Gasteiger partial charge in [0.15, 0.2) is 5.82 Å². The number of benzene rings is 1. The Labute approximate surface area is 89.3 Å². The highest BCUT2D eigenvalue weighted by molar-refractivity contribution is 5.88. The summed E-state index contributed by atoms with van der Waals surface area (Å²) in [5.41, 5.74) is -0.00583. The largest absolute Gasteiger partial charge is 0.478 e. The lowest BCUT2D eigenvalue weighted by molar-refractivity contribution is 0.0692. The molecule has 0 bridgehead atoms. The minimum absolute atomic E-state index is 0.404. The first-order valence-corrected chi connectivity index (χ1v) is 4.38. The van der Waals surface area contributed by atoms with E-state index in [9.17, 15) is 9.18 Å². The van der Waals surface area contributed by atoms with Crippen molar-refractivity contribution in [3.63, 3.8) is 0 Å². The molecule has 1 heterocycles. The first-order valence-electron chi connectivity index (χ1n) is 4.38. The molecule has 2 rings (SSSR count). The molecule has 7 heteroatoms. The van der Waals surface area contributed by atoms with Crippen LogP contribution in [0, 0.1) is 12.7 Å². The predicted molar refractivity (Wildman–Crippen MR) is 50.8 cm³/mol. The number of nitrogens with zero attached hydrogens (tertiary/aromatic N) is 4. The number of carboxylic acid groups (broad SMARTS) is 1. The van der Waals surface area contributed by atoms with Gasteiger partial charge in [0.05, 0.1) is 11.3 Å². The molecule has 0 aliphatic rings. The Kier molecular flexibility index (Phi) is 2.35. The molecule has 0 saturated carbocycles. The number of carbonyl (C=O) groups is 1. The van der Waals surface area contributed by atoms with Crippen molar-refractivity contribution in [2.24, 2.45) is 0 Å². The van der Waals surface area contributed by atoms with E-state index in [-0.39, 0.29) is 0 Å². The van der Waals surface area contributed by atoms with Gasteiger partial charge in [-0.15, -0.1) is 5.10 Å². The minimum atomic E-state index is -1.33. The Morgan fingerprint density at radius 1 is 1.50 bits per heavy atom. The number of aromatic carboxylic acids is 1. The molecule has 6 nitrogen and oxygen atoms in total. The fraction of sp³-hybridized carbons (Fsp3) is 0.111. The second-order valence-corrected chi connectivity index (χ2v) is 3.11. The first kappa shape index (κ1) is 10.2. The number of tetrazole rings is 1. The number of hydrogen-bond acceptors (Lipinski definition) is 4. The van der Waals surface area contributed by atoms with Gasteiger partial charge in [-0.05, 0) is 35.5 Å². The molecule has 2 aromatic rings. The van der Waals surface area contributed by atoms with E-state index < -0.39 is 17.3 Å². The monoisotopic (exact) mass is 222 g/mol. The standard InChI is InChI=1S/C9H7FN4O2/c1-5-11-12-13-14(5)6-2-3-8(10)7(4-6)9(15)16/h2-4H,1H3,(H,15,16). The highest BCUT2D eigenvalue weighted by Crippen LogP contribution is 2.14. The van der Waals surface area contributed by atoms with Gasteiger partial charge in [-0.1, -0.05) is 0 Å². The third-order valence-electron chi connectivity index (χ3n) is 2.05. The molecule has 16 heavy (non-hydrogen) atoms. The molecular weight excluding hydrogens is 215 g/mol.